The van der Waals surface area contributed by atoms with Crippen molar-refractivity contribution in [2.45, 2.75) is 32.0 Å². The summed E-state index contributed by atoms with van der Waals surface area (Å²) in [5.74, 6) is 0.797. The van der Waals surface area contributed by atoms with Crippen molar-refractivity contribution in [1.82, 2.24) is 19.4 Å². The summed E-state index contributed by atoms with van der Waals surface area (Å²) in [6.45, 7) is 1.11. The van der Waals surface area contributed by atoms with Crippen LogP contribution in [0.3, 0.4) is 0 Å². The number of likely N-dealkylation sites (tertiary alicyclic amines) is 1. The third-order valence-corrected chi connectivity index (χ3v) is 7.72. The summed E-state index contributed by atoms with van der Waals surface area (Å²) in [5, 5.41) is 14.1. The monoisotopic (exact) mass is 585 g/mol. The highest BCUT2D eigenvalue weighted by Gasteiger charge is 2.27. The number of amides is 1. The van der Waals surface area contributed by atoms with Gasteiger partial charge in [-0.1, -0.05) is 29.8 Å². The molecular weight excluding hydrogens is 557 g/mol. The lowest BCUT2D eigenvalue weighted by atomic mass is 10.1. The molecule has 0 spiro atoms. The van der Waals surface area contributed by atoms with Gasteiger partial charge in [0.1, 0.15) is 36.9 Å². The number of aromatic nitrogens is 3. The Balaban J connectivity index is 1.17. The average Bonchev–Trinajstić information content (AvgIpc) is 3.67. The predicted octanol–water partition coefficient (Wildman–Crippen LogP) is 6.20. The Morgan fingerprint density at radius 2 is 2.00 bits per heavy atom. The topological polar surface area (TPSA) is 92.5 Å². The van der Waals surface area contributed by atoms with Gasteiger partial charge < -0.3 is 24.6 Å². The van der Waals surface area contributed by atoms with Gasteiger partial charge in [-0.05, 0) is 78.1 Å². The number of fused-ring (bicyclic) bond motifs is 1. The van der Waals surface area contributed by atoms with Crippen LogP contribution in [0.4, 0.5) is 15.9 Å². The normalized spacial score (nSPS) is 14.8. The lowest BCUT2D eigenvalue weighted by Gasteiger charge is -2.23. The molecule has 3 heterocycles. The second-order valence-corrected chi connectivity index (χ2v) is 10.7. The summed E-state index contributed by atoms with van der Waals surface area (Å²) < 4.78 is 21.1. The number of nitrogens with zero attached hydrogens (tertiary/aromatic N) is 4. The minimum absolute atomic E-state index is 0.00110. The van der Waals surface area contributed by atoms with Crippen LogP contribution in [-0.4, -0.2) is 49.6 Å². The van der Waals surface area contributed by atoms with E-state index >= 15 is 0 Å². The zero-order valence-corrected chi connectivity index (χ0v) is 23.5. The number of carbonyl (C=O) groups is 1. The molecule has 0 aliphatic carbocycles. The first-order valence-electron chi connectivity index (χ1n) is 13.7. The second kappa shape index (κ2) is 12.2. The number of hydrogen-bond donors (Lipinski definition) is 2. The zero-order chi connectivity index (χ0) is 29.1. The van der Waals surface area contributed by atoms with Gasteiger partial charge in [0.2, 0.25) is 5.91 Å². The predicted molar refractivity (Wildman–Crippen MR) is 160 cm³/mol. The number of carbonyl (C=O) groups excluding carboxylic acids is 1. The van der Waals surface area contributed by atoms with Crippen LogP contribution >= 0.6 is 11.6 Å². The molecule has 1 aliphatic heterocycles. The maximum absolute atomic E-state index is 13.5. The number of aliphatic hydroxyl groups is 1. The number of anilines is 2. The van der Waals surface area contributed by atoms with Gasteiger partial charge in [0, 0.05) is 30.0 Å². The van der Waals surface area contributed by atoms with Crippen LogP contribution < -0.4 is 10.1 Å². The Morgan fingerprint density at radius 3 is 2.83 bits per heavy atom. The standard InChI is InChI=1S/C32H29ClFN5O3/c33-28-15-25(7-9-30(28)42-19-21-3-1-4-24(34)13-21)37-32-27-14-22(6-8-29(27)35-20-36-32)23-10-12-38(16-23)17-31(41)39-11-2-5-26(39)18-40/h1,3-4,6-10,12-16,20,26,40H,2,5,11,17-19H2,(H,35,36,37). The van der Waals surface area contributed by atoms with Crippen LogP contribution in [0.1, 0.15) is 18.4 Å². The largest absolute Gasteiger partial charge is 0.487 e. The van der Waals surface area contributed by atoms with Crippen LogP contribution in [0.5, 0.6) is 5.75 Å². The van der Waals surface area contributed by atoms with Gasteiger partial charge in [-0.2, -0.15) is 0 Å². The van der Waals surface area contributed by atoms with E-state index in [1.54, 1.807) is 29.2 Å². The second-order valence-electron chi connectivity index (χ2n) is 10.3. The van der Waals surface area contributed by atoms with E-state index in [9.17, 15) is 14.3 Å². The zero-order valence-electron chi connectivity index (χ0n) is 22.7. The van der Waals surface area contributed by atoms with E-state index in [1.165, 1.54) is 18.5 Å². The summed E-state index contributed by atoms with van der Waals surface area (Å²) >= 11 is 6.50. The van der Waals surface area contributed by atoms with Crippen molar-refractivity contribution in [3.63, 3.8) is 0 Å². The maximum Gasteiger partial charge on any atom is 0.242 e. The van der Waals surface area contributed by atoms with Gasteiger partial charge in [-0.15, -0.1) is 0 Å². The SMILES string of the molecule is O=C(Cn1ccc(-c2ccc3ncnc(Nc4ccc(OCc5cccc(F)c5)c(Cl)c4)c3c2)c1)N1CCCC1CO. The molecule has 1 fully saturated rings. The molecule has 0 bridgehead atoms. The van der Waals surface area contributed by atoms with Crippen molar-refractivity contribution in [2.24, 2.45) is 0 Å². The van der Waals surface area contributed by atoms with Gasteiger partial charge in [0.25, 0.3) is 0 Å². The molecule has 2 aromatic heterocycles. The van der Waals surface area contributed by atoms with E-state index in [0.717, 1.165) is 40.6 Å². The molecule has 1 aliphatic rings. The van der Waals surface area contributed by atoms with Crippen molar-refractivity contribution in [2.75, 3.05) is 18.5 Å². The third-order valence-electron chi connectivity index (χ3n) is 7.42. The van der Waals surface area contributed by atoms with Crippen LogP contribution in [0.2, 0.25) is 5.02 Å². The summed E-state index contributed by atoms with van der Waals surface area (Å²) in [4.78, 5) is 23.5. The molecule has 1 atom stereocenters. The molecule has 6 rings (SSSR count). The Morgan fingerprint density at radius 1 is 1.10 bits per heavy atom. The fourth-order valence-corrected chi connectivity index (χ4v) is 5.50. The summed E-state index contributed by atoms with van der Waals surface area (Å²) in [7, 11) is 0. The first-order chi connectivity index (χ1) is 20.5. The summed E-state index contributed by atoms with van der Waals surface area (Å²) in [5.41, 5.74) is 4.12. The van der Waals surface area contributed by atoms with Crippen LogP contribution in [-0.2, 0) is 17.9 Å². The minimum Gasteiger partial charge on any atom is -0.487 e. The molecule has 0 saturated carbocycles. The molecule has 2 N–H and O–H groups in total. The number of rotatable bonds is 9. The summed E-state index contributed by atoms with van der Waals surface area (Å²) in [6.07, 6.45) is 7.10. The summed E-state index contributed by atoms with van der Waals surface area (Å²) in [6, 6.07) is 19.4. The van der Waals surface area contributed by atoms with Gasteiger partial charge in [-0.25, -0.2) is 14.4 Å². The van der Waals surface area contributed by atoms with Gasteiger partial charge in [0.05, 0.1) is 23.2 Å². The number of halogens is 2. The first kappa shape index (κ1) is 27.7. The van der Waals surface area contributed by atoms with Crippen LogP contribution in [0.25, 0.3) is 22.0 Å². The maximum atomic E-state index is 13.5. The Kier molecular flexibility index (Phi) is 8.03. The third kappa shape index (κ3) is 6.07. The fourth-order valence-electron chi connectivity index (χ4n) is 5.27. The Labute approximate surface area is 247 Å². The van der Waals surface area contributed by atoms with E-state index in [0.29, 0.717) is 28.7 Å². The Bertz CT molecular complexity index is 1740. The van der Waals surface area contributed by atoms with Crippen molar-refractivity contribution >= 4 is 39.9 Å². The molecule has 1 unspecified atom stereocenters. The highest BCUT2D eigenvalue weighted by atomic mass is 35.5. The number of hydrogen-bond acceptors (Lipinski definition) is 6. The van der Waals surface area contributed by atoms with E-state index in [2.05, 4.69) is 15.3 Å². The van der Waals surface area contributed by atoms with E-state index in [1.807, 2.05) is 47.3 Å². The lowest BCUT2D eigenvalue weighted by Crippen LogP contribution is -2.39. The van der Waals surface area contributed by atoms with Crippen LogP contribution in [0, 0.1) is 5.82 Å². The number of benzene rings is 3. The molecule has 10 heteroatoms. The molecule has 214 valence electrons. The lowest BCUT2D eigenvalue weighted by molar-refractivity contribution is -0.133. The minimum atomic E-state index is -0.316. The number of aliphatic hydroxyl groups excluding tert-OH is 1. The van der Waals surface area contributed by atoms with Crippen molar-refractivity contribution in [1.29, 1.82) is 0 Å². The highest BCUT2D eigenvalue weighted by Crippen LogP contribution is 2.32. The van der Waals surface area contributed by atoms with Crippen molar-refractivity contribution < 1.29 is 19.0 Å². The van der Waals surface area contributed by atoms with Gasteiger partial charge >= 0.3 is 0 Å². The molecule has 1 amide bonds. The van der Waals surface area contributed by atoms with Crippen molar-refractivity contribution in [3.8, 4) is 16.9 Å². The van der Waals surface area contributed by atoms with Gasteiger partial charge in [-0.3, -0.25) is 4.79 Å². The fraction of sp³-hybridized carbons (Fsp3) is 0.219. The first-order valence-corrected chi connectivity index (χ1v) is 14.1. The molecule has 0 radical (unpaired) electrons. The average molecular weight is 586 g/mol. The molecule has 5 aromatic rings. The molecular formula is C32H29ClFN5O3. The molecule has 8 nitrogen and oxygen atoms in total. The number of nitrogens with one attached hydrogen (secondary N) is 1. The quantitative estimate of drug-likeness (QED) is 0.214. The smallest absolute Gasteiger partial charge is 0.242 e. The van der Waals surface area contributed by atoms with Crippen molar-refractivity contribution in [3.05, 3.63) is 102 Å². The molecule has 42 heavy (non-hydrogen) atoms. The van der Waals surface area contributed by atoms with Crippen LogP contribution in [0.15, 0.2) is 85.5 Å². The highest BCUT2D eigenvalue weighted by molar-refractivity contribution is 6.32. The van der Waals surface area contributed by atoms with E-state index in [4.69, 9.17) is 16.3 Å². The number of ether oxygens (including phenoxy) is 1. The van der Waals surface area contributed by atoms with Gasteiger partial charge in [0.15, 0.2) is 0 Å². The Hall–Kier alpha value is -4.47. The van der Waals surface area contributed by atoms with E-state index in [-0.39, 0.29) is 37.5 Å². The molecule has 3 aromatic carbocycles. The molecule has 1 saturated heterocycles. The van der Waals surface area contributed by atoms with E-state index < -0.39 is 0 Å².